The Morgan fingerprint density at radius 3 is 2.91 bits per heavy atom. The van der Waals surface area contributed by atoms with Gasteiger partial charge in [0, 0.05) is 6.54 Å². The highest BCUT2D eigenvalue weighted by Gasteiger charge is 2.19. The zero-order chi connectivity index (χ0) is 8.27. The van der Waals surface area contributed by atoms with Gasteiger partial charge in [-0.3, -0.25) is 0 Å². The van der Waals surface area contributed by atoms with Crippen LogP contribution in [0, 0.1) is 11.8 Å². The molecule has 0 aromatic heterocycles. The number of hydrogen-bond acceptors (Lipinski definition) is 1. The summed E-state index contributed by atoms with van der Waals surface area (Å²) in [4.78, 5) is 2.42. The van der Waals surface area contributed by atoms with Crippen molar-refractivity contribution in [3.8, 4) is 0 Å². The van der Waals surface area contributed by atoms with Crippen molar-refractivity contribution in [1.29, 1.82) is 0 Å². The molecule has 0 amide bonds. The van der Waals surface area contributed by atoms with Gasteiger partial charge in [-0.2, -0.15) is 0 Å². The van der Waals surface area contributed by atoms with Gasteiger partial charge in [0.05, 0.1) is 0 Å². The van der Waals surface area contributed by atoms with Gasteiger partial charge in [-0.15, -0.1) is 6.58 Å². The van der Waals surface area contributed by atoms with Gasteiger partial charge in [-0.05, 0) is 38.3 Å². The van der Waals surface area contributed by atoms with Gasteiger partial charge in [0.2, 0.25) is 0 Å². The topological polar surface area (TPSA) is 3.24 Å². The third-order valence-electron chi connectivity index (χ3n) is 2.60. The lowest BCUT2D eigenvalue weighted by Gasteiger charge is -2.12. The highest BCUT2D eigenvalue weighted by atomic mass is 15.1. The van der Waals surface area contributed by atoms with Crippen molar-refractivity contribution < 1.29 is 0 Å². The van der Waals surface area contributed by atoms with E-state index in [2.05, 4.69) is 31.5 Å². The smallest absolute Gasteiger partial charge is 0.000730 e. The zero-order valence-electron chi connectivity index (χ0n) is 7.71. The number of rotatable bonds is 3. The predicted molar refractivity (Wildman–Crippen MR) is 49.6 cm³/mol. The van der Waals surface area contributed by atoms with Gasteiger partial charge >= 0.3 is 0 Å². The van der Waals surface area contributed by atoms with Crippen LogP contribution in [-0.4, -0.2) is 25.0 Å². The highest BCUT2D eigenvalue weighted by molar-refractivity contribution is 4.81. The van der Waals surface area contributed by atoms with Gasteiger partial charge in [-0.1, -0.05) is 13.0 Å². The fraction of sp³-hybridized carbons (Fsp3) is 0.800. The van der Waals surface area contributed by atoms with Crippen molar-refractivity contribution in [1.82, 2.24) is 4.90 Å². The van der Waals surface area contributed by atoms with Crippen LogP contribution in [0.4, 0.5) is 0 Å². The summed E-state index contributed by atoms with van der Waals surface area (Å²) in [7, 11) is 2.21. The summed E-state index contributed by atoms with van der Waals surface area (Å²) < 4.78 is 0. The summed E-state index contributed by atoms with van der Waals surface area (Å²) in [6, 6.07) is 0. The van der Waals surface area contributed by atoms with Gasteiger partial charge in [0.1, 0.15) is 0 Å². The van der Waals surface area contributed by atoms with Crippen molar-refractivity contribution in [2.45, 2.75) is 19.8 Å². The molecule has 64 valence electrons. The maximum atomic E-state index is 3.81. The van der Waals surface area contributed by atoms with Gasteiger partial charge < -0.3 is 4.90 Å². The Hall–Kier alpha value is -0.300. The van der Waals surface area contributed by atoms with Crippen LogP contribution in [0.15, 0.2) is 12.7 Å². The van der Waals surface area contributed by atoms with E-state index < -0.39 is 0 Å². The standard InChI is InChI=1S/C10H19N/c1-4-9(2)7-10-5-6-11(3)8-10/h4,9-10H,1,5-8H2,2-3H3. The Morgan fingerprint density at radius 2 is 2.45 bits per heavy atom. The van der Waals surface area contributed by atoms with E-state index in [9.17, 15) is 0 Å². The molecule has 0 spiro atoms. The number of likely N-dealkylation sites (tertiary alicyclic amines) is 1. The van der Waals surface area contributed by atoms with E-state index in [0.717, 1.165) is 5.92 Å². The third-order valence-corrected chi connectivity index (χ3v) is 2.60. The maximum absolute atomic E-state index is 3.81. The Labute approximate surface area is 70.1 Å². The first kappa shape index (κ1) is 8.79. The molecule has 0 aromatic rings. The van der Waals surface area contributed by atoms with E-state index in [1.807, 2.05) is 0 Å². The summed E-state index contributed by atoms with van der Waals surface area (Å²) in [5, 5.41) is 0. The minimum absolute atomic E-state index is 0.700. The molecule has 0 bridgehead atoms. The molecular weight excluding hydrogens is 134 g/mol. The monoisotopic (exact) mass is 153 g/mol. The van der Waals surface area contributed by atoms with Crippen molar-refractivity contribution in [3.05, 3.63) is 12.7 Å². The van der Waals surface area contributed by atoms with Crippen molar-refractivity contribution in [3.63, 3.8) is 0 Å². The lowest BCUT2D eigenvalue weighted by atomic mass is 9.95. The average Bonchev–Trinajstić information content (AvgIpc) is 2.35. The number of hydrogen-bond donors (Lipinski definition) is 0. The summed E-state index contributed by atoms with van der Waals surface area (Å²) in [6.45, 7) is 8.64. The predicted octanol–water partition coefficient (Wildman–Crippen LogP) is 2.15. The quantitative estimate of drug-likeness (QED) is 0.562. The molecule has 2 atom stereocenters. The summed E-state index contributed by atoms with van der Waals surface area (Å²) in [5.41, 5.74) is 0. The van der Waals surface area contributed by atoms with Crippen LogP contribution in [0.2, 0.25) is 0 Å². The second-order valence-corrected chi connectivity index (χ2v) is 3.87. The third kappa shape index (κ3) is 2.66. The lowest BCUT2D eigenvalue weighted by molar-refractivity contribution is 0.375. The SMILES string of the molecule is C=CC(C)CC1CCN(C)C1. The highest BCUT2D eigenvalue weighted by Crippen LogP contribution is 2.22. The molecule has 1 aliphatic rings. The van der Waals surface area contributed by atoms with E-state index in [1.54, 1.807) is 0 Å². The van der Waals surface area contributed by atoms with Crippen LogP contribution in [0.25, 0.3) is 0 Å². The molecule has 1 heterocycles. The molecule has 1 fully saturated rings. The zero-order valence-corrected chi connectivity index (χ0v) is 7.71. The summed E-state index contributed by atoms with van der Waals surface area (Å²) >= 11 is 0. The molecule has 1 saturated heterocycles. The Kier molecular flexibility index (Phi) is 3.13. The molecule has 0 saturated carbocycles. The Balaban J connectivity index is 2.22. The fourth-order valence-electron chi connectivity index (χ4n) is 1.84. The maximum Gasteiger partial charge on any atom is 0.000730 e. The Bertz CT molecular complexity index is 131. The minimum Gasteiger partial charge on any atom is -0.306 e. The molecule has 0 aliphatic carbocycles. The van der Waals surface area contributed by atoms with Crippen molar-refractivity contribution >= 4 is 0 Å². The van der Waals surface area contributed by atoms with E-state index in [-0.39, 0.29) is 0 Å². The number of nitrogens with zero attached hydrogens (tertiary/aromatic N) is 1. The molecule has 1 nitrogen and oxygen atoms in total. The summed E-state index contributed by atoms with van der Waals surface area (Å²) in [6.07, 6.45) is 4.78. The molecule has 1 rings (SSSR count). The average molecular weight is 153 g/mol. The van der Waals surface area contributed by atoms with E-state index in [1.165, 1.54) is 25.9 Å². The Morgan fingerprint density at radius 1 is 1.73 bits per heavy atom. The molecule has 1 aliphatic heterocycles. The lowest BCUT2D eigenvalue weighted by Crippen LogP contribution is -2.14. The molecule has 2 unspecified atom stereocenters. The van der Waals surface area contributed by atoms with Gasteiger partial charge in [-0.25, -0.2) is 0 Å². The van der Waals surface area contributed by atoms with Crippen molar-refractivity contribution in [2.24, 2.45) is 11.8 Å². The van der Waals surface area contributed by atoms with E-state index >= 15 is 0 Å². The first-order valence-corrected chi connectivity index (χ1v) is 4.53. The van der Waals surface area contributed by atoms with E-state index in [0.29, 0.717) is 5.92 Å². The van der Waals surface area contributed by atoms with Crippen LogP contribution in [0.5, 0.6) is 0 Å². The molecular formula is C10H19N. The molecule has 0 radical (unpaired) electrons. The van der Waals surface area contributed by atoms with Crippen LogP contribution in [0.1, 0.15) is 19.8 Å². The van der Waals surface area contributed by atoms with Gasteiger partial charge in [0.25, 0.3) is 0 Å². The first-order valence-electron chi connectivity index (χ1n) is 4.53. The van der Waals surface area contributed by atoms with Gasteiger partial charge in [0.15, 0.2) is 0 Å². The van der Waals surface area contributed by atoms with Crippen LogP contribution >= 0.6 is 0 Å². The largest absolute Gasteiger partial charge is 0.306 e. The molecule has 0 aromatic carbocycles. The van der Waals surface area contributed by atoms with Crippen LogP contribution in [-0.2, 0) is 0 Å². The first-order chi connectivity index (χ1) is 5.22. The molecule has 0 N–H and O–H groups in total. The second-order valence-electron chi connectivity index (χ2n) is 3.87. The normalized spacial score (nSPS) is 28.7. The molecule has 11 heavy (non-hydrogen) atoms. The van der Waals surface area contributed by atoms with Crippen LogP contribution in [0.3, 0.4) is 0 Å². The second kappa shape index (κ2) is 3.91. The van der Waals surface area contributed by atoms with Crippen LogP contribution < -0.4 is 0 Å². The van der Waals surface area contributed by atoms with E-state index in [4.69, 9.17) is 0 Å². The number of allylic oxidation sites excluding steroid dienone is 1. The fourth-order valence-corrected chi connectivity index (χ4v) is 1.84. The van der Waals surface area contributed by atoms with Crippen molar-refractivity contribution in [2.75, 3.05) is 20.1 Å². The summed E-state index contributed by atoms with van der Waals surface area (Å²) in [5.74, 6) is 1.62. The molecule has 1 heteroatoms. The minimum atomic E-state index is 0.700.